The number of carbonyl (C=O) groups is 1. The Balaban J connectivity index is 1.55. The molecule has 0 radical (unpaired) electrons. The lowest BCUT2D eigenvalue weighted by Crippen LogP contribution is -2.05. The van der Waals surface area contributed by atoms with Gasteiger partial charge in [0.1, 0.15) is 23.5 Å². The van der Waals surface area contributed by atoms with Crippen LogP contribution in [-0.2, 0) is 18.4 Å². The molecule has 0 aliphatic heterocycles. The largest absolute Gasteiger partial charge is 0.457 e. The molecule has 0 spiro atoms. The second kappa shape index (κ2) is 5.49. The molecule has 0 unspecified atom stereocenters. The molecular weight excluding hydrogens is 306 g/mol. The smallest absolute Gasteiger partial charge is 0.338 e. The van der Waals surface area contributed by atoms with Crippen LogP contribution in [0.1, 0.15) is 21.7 Å². The normalized spacial score (nSPS) is 11.2. The first kappa shape index (κ1) is 14.4. The molecule has 2 heterocycles. The molecule has 0 fully saturated rings. The molecule has 2 aromatic carbocycles. The molecule has 0 bridgehead atoms. The van der Waals surface area contributed by atoms with E-state index >= 15 is 0 Å². The summed E-state index contributed by atoms with van der Waals surface area (Å²) in [5.74, 6) is 0.243. The number of hydrogen-bond acceptors (Lipinski definition) is 5. The predicted molar refractivity (Wildman–Crippen MR) is 88.6 cm³/mol. The number of aryl methyl sites for hydroxylation is 2. The molecule has 0 amide bonds. The minimum atomic E-state index is -0.414. The quantitative estimate of drug-likeness (QED) is 0.541. The van der Waals surface area contributed by atoms with Gasteiger partial charge in [-0.1, -0.05) is 23.4 Å². The molecule has 2 aromatic heterocycles. The zero-order chi connectivity index (χ0) is 16.7. The molecule has 24 heavy (non-hydrogen) atoms. The second-order valence-electron chi connectivity index (χ2n) is 5.64. The van der Waals surface area contributed by atoms with Crippen LogP contribution in [0.5, 0.6) is 0 Å². The van der Waals surface area contributed by atoms with Crippen molar-refractivity contribution >= 4 is 28.0 Å². The molecule has 120 valence electrons. The maximum Gasteiger partial charge on any atom is 0.338 e. The summed E-state index contributed by atoms with van der Waals surface area (Å²) < 4.78 is 12.8. The third-order valence-corrected chi connectivity index (χ3v) is 4.12. The van der Waals surface area contributed by atoms with Crippen molar-refractivity contribution in [2.45, 2.75) is 13.5 Å². The number of ether oxygens (including phenoxy) is 1. The van der Waals surface area contributed by atoms with Gasteiger partial charge in [0, 0.05) is 18.0 Å². The maximum absolute atomic E-state index is 12.3. The lowest BCUT2D eigenvalue weighted by molar-refractivity contribution is 0.0447. The minimum absolute atomic E-state index is 0.0951. The molecule has 0 aliphatic rings. The number of para-hydroxylation sites is 1. The van der Waals surface area contributed by atoms with Crippen LogP contribution in [0.4, 0.5) is 0 Å². The maximum atomic E-state index is 12.3. The second-order valence-corrected chi connectivity index (χ2v) is 5.64. The molecular formula is C18H15N3O3. The van der Waals surface area contributed by atoms with Crippen LogP contribution in [0.25, 0.3) is 22.0 Å². The van der Waals surface area contributed by atoms with Gasteiger partial charge in [0.15, 0.2) is 0 Å². The molecule has 4 rings (SSSR count). The van der Waals surface area contributed by atoms with Crippen LogP contribution < -0.4 is 0 Å². The van der Waals surface area contributed by atoms with Gasteiger partial charge in [-0.2, -0.15) is 0 Å². The van der Waals surface area contributed by atoms with Gasteiger partial charge in [0.05, 0.1) is 11.1 Å². The van der Waals surface area contributed by atoms with E-state index < -0.39 is 5.97 Å². The lowest BCUT2D eigenvalue weighted by Gasteiger charge is -2.04. The van der Waals surface area contributed by atoms with Crippen molar-refractivity contribution < 1.29 is 13.9 Å². The molecule has 6 nitrogen and oxygen atoms in total. The van der Waals surface area contributed by atoms with Gasteiger partial charge in [-0.3, -0.25) is 0 Å². The highest BCUT2D eigenvalue weighted by Crippen LogP contribution is 2.25. The molecule has 0 aliphatic carbocycles. The van der Waals surface area contributed by atoms with Gasteiger partial charge in [-0.25, -0.2) is 9.48 Å². The Labute approximate surface area is 137 Å². The first-order valence-corrected chi connectivity index (χ1v) is 7.57. The third kappa shape index (κ3) is 2.32. The summed E-state index contributed by atoms with van der Waals surface area (Å²) >= 11 is 0. The number of hydrogen-bond donors (Lipinski definition) is 0. The van der Waals surface area contributed by atoms with Crippen molar-refractivity contribution in [3.8, 4) is 0 Å². The number of rotatable bonds is 3. The molecule has 6 heteroatoms. The zero-order valence-corrected chi connectivity index (χ0v) is 13.3. The van der Waals surface area contributed by atoms with Crippen molar-refractivity contribution in [1.82, 2.24) is 15.0 Å². The highest BCUT2D eigenvalue weighted by atomic mass is 16.5. The SMILES string of the molecule is Cc1c(COC(=O)c2ccc3c(c2)nnn3C)oc2ccccc12. The molecule has 0 N–H and O–H groups in total. The van der Waals surface area contributed by atoms with Crippen LogP contribution in [0.2, 0.25) is 0 Å². The Morgan fingerprint density at radius 3 is 2.92 bits per heavy atom. The standard InChI is InChI=1S/C18H15N3O3/c1-11-13-5-3-4-6-16(13)24-17(11)10-23-18(22)12-7-8-15-14(9-12)19-20-21(15)2/h3-9H,10H2,1-2H3. The van der Waals surface area contributed by atoms with E-state index in [2.05, 4.69) is 10.3 Å². The van der Waals surface area contributed by atoms with E-state index in [4.69, 9.17) is 9.15 Å². The van der Waals surface area contributed by atoms with E-state index in [0.717, 1.165) is 22.0 Å². The Bertz CT molecular complexity index is 1060. The van der Waals surface area contributed by atoms with E-state index in [1.54, 1.807) is 29.9 Å². The fourth-order valence-corrected chi connectivity index (χ4v) is 2.74. The number of benzene rings is 2. The van der Waals surface area contributed by atoms with Crippen LogP contribution in [-0.4, -0.2) is 21.0 Å². The van der Waals surface area contributed by atoms with E-state index in [9.17, 15) is 4.79 Å². The first-order chi connectivity index (χ1) is 11.6. The number of carbonyl (C=O) groups excluding carboxylic acids is 1. The summed E-state index contributed by atoms with van der Waals surface area (Å²) in [6.07, 6.45) is 0. The topological polar surface area (TPSA) is 70.2 Å². The monoisotopic (exact) mass is 321 g/mol. The fourth-order valence-electron chi connectivity index (χ4n) is 2.74. The fraction of sp³-hybridized carbons (Fsp3) is 0.167. The van der Waals surface area contributed by atoms with Gasteiger partial charge in [-0.05, 0) is 31.2 Å². The predicted octanol–water partition coefficient (Wildman–Crippen LogP) is 3.38. The molecule has 0 saturated carbocycles. The van der Waals surface area contributed by atoms with E-state index in [0.29, 0.717) is 16.8 Å². The molecule has 0 atom stereocenters. The lowest BCUT2D eigenvalue weighted by atomic mass is 10.1. The summed E-state index contributed by atoms with van der Waals surface area (Å²) in [5, 5.41) is 8.97. The number of furan rings is 1. The number of aromatic nitrogens is 3. The summed E-state index contributed by atoms with van der Waals surface area (Å²) in [7, 11) is 1.80. The van der Waals surface area contributed by atoms with E-state index in [-0.39, 0.29) is 6.61 Å². The highest BCUT2D eigenvalue weighted by Gasteiger charge is 2.14. The minimum Gasteiger partial charge on any atom is -0.457 e. The summed E-state index contributed by atoms with van der Waals surface area (Å²) in [6.45, 7) is 2.05. The van der Waals surface area contributed by atoms with E-state index in [1.807, 2.05) is 31.2 Å². The Hall–Kier alpha value is -3.15. The van der Waals surface area contributed by atoms with Crippen molar-refractivity contribution in [1.29, 1.82) is 0 Å². The molecule has 4 aromatic rings. The van der Waals surface area contributed by atoms with Crippen LogP contribution >= 0.6 is 0 Å². The first-order valence-electron chi connectivity index (χ1n) is 7.57. The highest BCUT2D eigenvalue weighted by molar-refractivity contribution is 5.93. The van der Waals surface area contributed by atoms with Gasteiger partial charge >= 0.3 is 5.97 Å². The van der Waals surface area contributed by atoms with E-state index in [1.165, 1.54) is 0 Å². The van der Waals surface area contributed by atoms with Crippen molar-refractivity contribution in [3.05, 3.63) is 59.4 Å². The van der Waals surface area contributed by atoms with Gasteiger partial charge in [0.25, 0.3) is 0 Å². The van der Waals surface area contributed by atoms with Crippen molar-refractivity contribution in [2.75, 3.05) is 0 Å². The average Bonchev–Trinajstić information content (AvgIpc) is 3.13. The van der Waals surface area contributed by atoms with Crippen molar-refractivity contribution in [2.24, 2.45) is 7.05 Å². The number of esters is 1. The van der Waals surface area contributed by atoms with Crippen LogP contribution in [0.3, 0.4) is 0 Å². The Morgan fingerprint density at radius 2 is 2.08 bits per heavy atom. The summed E-state index contributed by atoms with van der Waals surface area (Å²) in [6, 6.07) is 12.9. The van der Waals surface area contributed by atoms with Crippen molar-refractivity contribution in [3.63, 3.8) is 0 Å². The summed E-state index contributed by atoms with van der Waals surface area (Å²) in [4.78, 5) is 12.3. The van der Waals surface area contributed by atoms with Gasteiger partial charge < -0.3 is 9.15 Å². The van der Waals surface area contributed by atoms with Gasteiger partial charge in [-0.15, -0.1) is 5.10 Å². The third-order valence-electron chi connectivity index (χ3n) is 4.12. The number of fused-ring (bicyclic) bond motifs is 2. The van der Waals surface area contributed by atoms with Crippen LogP contribution in [0, 0.1) is 6.92 Å². The molecule has 0 saturated heterocycles. The Morgan fingerprint density at radius 1 is 1.25 bits per heavy atom. The van der Waals surface area contributed by atoms with Crippen LogP contribution in [0.15, 0.2) is 46.9 Å². The summed E-state index contributed by atoms with van der Waals surface area (Å²) in [5.41, 5.74) is 3.74. The Kier molecular flexibility index (Phi) is 3.30. The number of nitrogens with zero attached hydrogens (tertiary/aromatic N) is 3. The zero-order valence-electron chi connectivity index (χ0n) is 13.3. The average molecular weight is 321 g/mol. The van der Waals surface area contributed by atoms with Gasteiger partial charge in [0.2, 0.25) is 0 Å².